The molecule has 2 aromatic rings. The van der Waals surface area contributed by atoms with Crippen molar-refractivity contribution in [1.82, 2.24) is 5.43 Å². The van der Waals surface area contributed by atoms with Gasteiger partial charge in [0.1, 0.15) is 0 Å². The fourth-order valence-corrected chi connectivity index (χ4v) is 2.44. The molecule has 0 bridgehead atoms. The average Bonchev–Trinajstić information content (AvgIpc) is 2.64. The van der Waals surface area contributed by atoms with Gasteiger partial charge in [-0.15, -0.1) is 0 Å². The Kier molecular flexibility index (Phi) is 5.95. The molecule has 142 valence electrons. The topological polar surface area (TPSA) is 93.8 Å². The Morgan fingerprint density at radius 1 is 1.11 bits per heavy atom. The van der Waals surface area contributed by atoms with Crippen molar-refractivity contribution in [3.8, 4) is 5.75 Å². The van der Waals surface area contributed by atoms with Crippen LogP contribution in [0.15, 0.2) is 47.6 Å². The van der Waals surface area contributed by atoms with Crippen LogP contribution in [0.4, 0.5) is 5.69 Å². The van der Waals surface area contributed by atoms with Crippen molar-refractivity contribution in [2.24, 2.45) is 5.10 Å². The average molecular weight is 369 g/mol. The van der Waals surface area contributed by atoms with Gasteiger partial charge in [0.25, 0.3) is 5.91 Å². The summed E-state index contributed by atoms with van der Waals surface area (Å²) < 4.78 is 4.98. The zero-order valence-corrected chi connectivity index (χ0v) is 16.1. The highest BCUT2D eigenvalue weighted by Crippen LogP contribution is 2.27. The molecule has 2 rings (SSSR count). The van der Waals surface area contributed by atoms with E-state index in [2.05, 4.69) is 31.3 Å². The lowest BCUT2D eigenvalue weighted by Gasteiger charge is -2.18. The van der Waals surface area contributed by atoms with Crippen molar-refractivity contribution in [1.29, 1.82) is 0 Å². The molecular weight excluding hydrogens is 346 g/mol. The van der Waals surface area contributed by atoms with Crippen LogP contribution in [-0.2, 0) is 5.41 Å². The molecule has 7 heteroatoms. The number of rotatable bonds is 5. The maximum Gasteiger partial charge on any atom is 0.311 e. The van der Waals surface area contributed by atoms with Gasteiger partial charge in [0.15, 0.2) is 5.75 Å². The highest BCUT2D eigenvalue weighted by molar-refractivity contribution is 6.01. The molecule has 0 unspecified atom stereocenters. The molecule has 0 fully saturated rings. The van der Waals surface area contributed by atoms with Crippen molar-refractivity contribution in [2.45, 2.75) is 33.1 Å². The molecule has 1 amide bonds. The van der Waals surface area contributed by atoms with Crippen molar-refractivity contribution >= 4 is 17.3 Å². The molecule has 0 saturated carbocycles. The van der Waals surface area contributed by atoms with E-state index in [1.165, 1.54) is 19.2 Å². The van der Waals surface area contributed by atoms with E-state index in [4.69, 9.17) is 4.74 Å². The van der Waals surface area contributed by atoms with E-state index in [-0.39, 0.29) is 22.8 Å². The first kappa shape index (κ1) is 20.1. The van der Waals surface area contributed by atoms with E-state index < -0.39 is 4.92 Å². The second-order valence-electron chi connectivity index (χ2n) is 7.11. The standard InChI is InChI=1S/C20H23N3O4/c1-13(15-8-11-18(27-5)17(12-15)23(25)26)21-22-19(24)14-6-9-16(10-7-14)20(2,3)4/h6-12H,1-5H3,(H,22,24)/b21-13-. The minimum Gasteiger partial charge on any atom is -0.490 e. The summed E-state index contributed by atoms with van der Waals surface area (Å²) in [6.07, 6.45) is 0. The van der Waals surface area contributed by atoms with Crippen molar-refractivity contribution < 1.29 is 14.5 Å². The predicted molar refractivity (Wildman–Crippen MR) is 104 cm³/mol. The van der Waals surface area contributed by atoms with E-state index >= 15 is 0 Å². The van der Waals surface area contributed by atoms with Crippen LogP contribution in [0, 0.1) is 10.1 Å². The fraction of sp³-hybridized carbons (Fsp3) is 0.300. The molecule has 0 radical (unpaired) electrons. The van der Waals surface area contributed by atoms with Gasteiger partial charge in [-0.25, -0.2) is 5.43 Å². The number of nitro benzene ring substituents is 1. The molecule has 0 aromatic heterocycles. The normalized spacial score (nSPS) is 11.8. The highest BCUT2D eigenvalue weighted by atomic mass is 16.6. The van der Waals surface area contributed by atoms with Crippen molar-refractivity contribution in [3.05, 3.63) is 69.3 Å². The van der Waals surface area contributed by atoms with E-state index in [1.807, 2.05) is 12.1 Å². The first-order valence-corrected chi connectivity index (χ1v) is 8.41. The third kappa shape index (κ3) is 4.91. The summed E-state index contributed by atoms with van der Waals surface area (Å²) in [7, 11) is 1.37. The number of methoxy groups -OCH3 is 1. The number of carbonyl (C=O) groups is 1. The smallest absolute Gasteiger partial charge is 0.311 e. The van der Waals surface area contributed by atoms with Gasteiger partial charge in [-0.05, 0) is 42.2 Å². The Morgan fingerprint density at radius 3 is 2.22 bits per heavy atom. The monoisotopic (exact) mass is 369 g/mol. The van der Waals surface area contributed by atoms with E-state index in [0.717, 1.165) is 5.56 Å². The lowest BCUT2D eigenvalue weighted by molar-refractivity contribution is -0.385. The molecule has 0 atom stereocenters. The highest BCUT2D eigenvalue weighted by Gasteiger charge is 2.17. The molecule has 27 heavy (non-hydrogen) atoms. The largest absolute Gasteiger partial charge is 0.490 e. The van der Waals surface area contributed by atoms with Crippen LogP contribution in [0.1, 0.15) is 49.2 Å². The Bertz CT molecular complexity index is 881. The summed E-state index contributed by atoms with van der Waals surface area (Å²) in [5.74, 6) is -0.183. The van der Waals surface area contributed by atoms with Gasteiger partial charge in [-0.3, -0.25) is 14.9 Å². The summed E-state index contributed by atoms with van der Waals surface area (Å²) >= 11 is 0. The lowest BCUT2D eigenvalue weighted by Crippen LogP contribution is -2.20. The number of benzene rings is 2. The van der Waals surface area contributed by atoms with Crippen molar-refractivity contribution in [2.75, 3.05) is 7.11 Å². The minimum absolute atomic E-state index is 0.00678. The van der Waals surface area contributed by atoms with Gasteiger partial charge in [-0.2, -0.15) is 5.10 Å². The van der Waals surface area contributed by atoms with Crippen LogP contribution in [0.25, 0.3) is 0 Å². The first-order valence-electron chi connectivity index (χ1n) is 8.41. The molecule has 1 N–H and O–H groups in total. The summed E-state index contributed by atoms with van der Waals surface area (Å²) in [5, 5.41) is 15.2. The molecule has 0 aliphatic carbocycles. The second-order valence-corrected chi connectivity index (χ2v) is 7.11. The van der Waals surface area contributed by atoms with Gasteiger partial charge in [0, 0.05) is 17.2 Å². The number of nitrogens with zero attached hydrogens (tertiary/aromatic N) is 2. The molecule has 7 nitrogen and oxygen atoms in total. The van der Waals surface area contributed by atoms with E-state index in [0.29, 0.717) is 16.8 Å². The Labute approximate surface area is 158 Å². The number of ether oxygens (including phenoxy) is 1. The number of hydrogen-bond acceptors (Lipinski definition) is 5. The number of nitro groups is 1. The van der Waals surface area contributed by atoms with Gasteiger partial charge >= 0.3 is 5.69 Å². The molecule has 2 aromatic carbocycles. The molecule has 0 saturated heterocycles. The third-order valence-electron chi connectivity index (χ3n) is 4.13. The summed E-state index contributed by atoms with van der Waals surface area (Å²) in [6, 6.07) is 11.8. The van der Waals surface area contributed by atoms with Crippen molar-refractivity contribution in [3.63, 3.8) is 0 Å². The molecule has 0 heterocycles. The first-order chi connectivity index (χ1) is 12.6. The van der Waals surface area contributed by atoms with Crippen LogP contribution >= 0.6 is 0 Å². The SMILES string of the molecule is COc1ccc(/C(C)=N\NC(=O)c2ccc(C(C)(C)C)cc2)cc1[N+](=O)[O-]. The second kappa shape index (κ2) is 7.99. The zero-order chi connectivity index (χ0) is 20.2. The van der Waals surface area contributed by atoms with Gasteiger partial charge in [0.05, 0.1) is 17.7 Å². The summed E-state index contributed by atoms with van der Waals surface area (Å²) in [5.41, 5.74) is 4.91. The lowest BCUT2D eigenvalue weighted by atomic mass is 9.87. The fourth-order valence-electron chi connectivity index (χ4n) is 2.44. The number of hydrazone groups is 1. The summed E-state index contributed by atoms with van der Waals surface area (Å²) in [4.78, 5) is 22.9. The van der Waals surface area contributed by atoms with Crippen LogP contribution in [0.3, 0.4) is 0 Å². The number of amides is 1. The molecule has 0 aliphatic heterocycles. The third-order valence-corrected chi connectivity index (χ3v) is 4.13. The maximum absolute atomic E-state index is 12.3. The van der Waals surface area contributed by atoms with E-state index in [1.54, 1.807) is 25.1 Å². The number of nitrogens with one attached hydrogen (secondary N) is 1. The van der Waals surface area contributed by atoms with Gasteiger partial charge in [-0.1, -0.05) is 32.9 Å². The Morgan fingerprint density at radius 2 is 1.70 bits per heavy atom. The molecule has 0 aliphatic rings. The number of carbonyl (C=O) groups excluding carboxylic acids is 1. The van der Waals surface area contributed by atoms with Crippen LogP contribution < -0.4 is 10.2 Å². The Hall–Kier alpha value is -3.22. The molecule has 0 spiro atoms. The van der Waals surface area contributed by atoms with Crippen LogP contribution in [-0.4, -0.2) is 23.7 Å². The zero-order valence-electron chi connectivity index (χ0n) is 16.1. The van der Waals surface area contributed by atoms with E-state index in [9.17, 15) is 14.9 Å². The summed E-state index contributed by atoms with van der Waals surface area (Å²) in [6.45, 7) is 7.96. The maximum atomic E-state index is 12.3. The molecular formula is C20H23N3O4. The quantitative estimate of drug-likeness (QED) is 0.489. The van der Waals surface area contributed by atoms with Crippen LogP contribution in [0.5, 0.6) is 5.75 Å². The Balaban J connectivity index is 2.16. The van der Waals surface area contributed by atoms with Crippen LogP contribution in [0.2, 0.25) is 0 Å². The minimum atomic E-state index is -0.523. The predicted octanol–water partition coefficient (Wildman–Crippen LogP) is 4.05. The van der Waals surface area contributed by atoms with Gasteiger partial charge in [0.2, 0.25) is 0 Å². The van der Waals surface area contributed by atoms with Gasteiger partial charge < -0.3 is 4.74 Å². The number of hydrogen-bond donors (Lipinski definition) is 1.